The van der Waals surface area contributed by atoms with Gasteiger partial charge in [-0.2, -0.15) is 10.2 Å². The van der Waals surface area contributed by atoms with Gasteiger partial charge in [-0.15, -0.1) is 5.75 Å². The summed E-state index contributed by atoms with van der Waals surface area (Å²) in [6.45, 7) is 0. The molecule has 0 saturated carbocycles. The predicted molar refractivity (Wildman–Crippen MR) is 70.1 cm³/mol. The van der Waals surface area contributed by atoms with Gasteiger partial charge in [-0.25, -0.2) is 0 Å². The van der Waals surface area contributed by atoms with Crippen molar-refractivity contribution in [1.29, 1.82) is 0 Å². The van der Waals surface area contributed by atoms with Gasteiger partial charge in [0.15, 0.2) is 0 Å². The maximum Gasteiger partial charge on any atom is 2.00 e. The van der Waals surface area contributed by atoms with Crippen LogP contribution in [0.1, 0.15) is 11.1 Å². The van der Waals surface area contributed by atoms with Gasteiger partial charge in [0.05, 0.1) is 6.21 Å². The second kappa shape index (κ2) is 8.96. The van der Waals surface area contributed by atoms with Gasteiger partial charge in [-0.1, -0.05) is 54.6 Å². The molecule has 0 aliphatic rings. The average Bonchev–Trinajstić information content (AvgIpc) is 2.40. The monoisotopic (exact) mass is 320 g/mol. The number of benzene rings is 2. The smallest absolute Gasteiger partial charge is 0.872 e. The molecule has 2 aromatic rings. The van der Waals surface area contributed by atoms with Crippen LogP contribution in [0.25, 0.3) is 0 Å². The van der Waals surface area contributed by atoms with Crippen LogP contribution in [0.15, 0.2) is 64.8 Å². The van der Waals surface area contributed by atoms with Crippen LogP contribution in [0.2, 0.25) is 0 Å². The Kier molecular flexibility index (Phi) is 8.05. The van der Waals surface area contributed by atoms with Gasteiger partial charge in [-0.05, 0) is 11.1 Å². The summed E-state index contributed by atoms with van der Waals surface area (Å²) in [4.78, 5) is 0. The second-order valence-corrected chi connectivity index (χ2v) is 3.56. The van der Waals surface area contributed by atoms with Crippen LogP contribution in [-0.2, 0) is 19.5 Å². The third-order valence-electron chi connectivity index (χ3n) is 2.27. The van der Waals surface area contributed by atoms with Crippen LogP contribution >= 0.6 is 0 Å². The van der Waals surface area contributed by atoms with E-state index in [1.54, 1.807) is 12.1 Å². The Hall–Kier alpha value is -2.04. The molecule has 2 N–H and O–H groups in total. The molecule has 20 heavy (non-hydrogen) atoms. The molecular formula is C14H12N2O3Zn. The van der Waals surface area contributed by atoms with Gasteiger partial charge < -0.3 is 15.7 Å². The minimum atomic E-state index is -0.632. The quantitative estimate of drug-likeness (QED) is 0.346. The van der Waals surface area contributed by atoms with Crippen molar-refractivity contribution >= 4 is 12.1 Å². The number of rotatable bonds is 3. The van der Waals surface area contributed by atoms with E-state index in [9.17, 15) is 10.2 Å². The minimum Gasteiger partial charge on any atom is -0.872 e. The Morgan fingerprint density at radius 3 is 2.20 bits per heavy atom. The maximum absolute atomic E-state index is 11.6. The first-order chi connectivity index (χ1) is 8.77. The molecule has 0 aliphatic heterocycles. The SMILES string of the molecule is O.[O-]/C(=N\N=C/c1ccccc1)c1ccccc1[O-].[Zn+2]. The van der Waals surface area contributed by atoms with E-state index in [0.717, 1.165) is 5.56 Å². The Balaban J connectivity index is 0.00000180. The van der Waals surface area contributed by atoms with Crippen LogP contribution in [0.4, 0.5) is 0 Å². The molecule has 6 heteroatoms. The fourth-order valence-corrected chi connectivity index (χ4v) is 1.38. The molecule has 2 rings (SSSR count). The average molecular weight is 322 g/mol. The van der Waals surface area contributed by atoms with Gasteiger partial charge in [0.2, 0.25) is 0 Å². The molecular weight excluding hydrogens is 310 g/mol. The fraction of sp³-hybridized carbons (Fsp3) is 0. The van der Waals surface area contributed by atoms with Crippen molar-refractivity contribution in [2.24, 2.45) is 10.2 Å². The molecule has 0 heterocycles. The summed E-state index contributed by atoms with van der Waals surface area (Å²) in [7, 11) is 0. The topological polar surface area (TPSA) is 102 Å². The molecule has 0 aliphatic carbocycles. The zero-order chi connectivity index (χ0) is 12.8. The maximum atomic E-state index is 11.6. The van der Waals surface area contributed by atoms with Crippen LogP contribution in [0.3, 0.4) is 0 Å². The number of hydrogen-bond acceptors (Lipinski definition) is 4. The van der Waals surface area contributed by atoms with E-state index in [1.807, 2.05) is 30.3 Å². The van der Waals surface area contributed by atoms with E-state index in [0.29, 0.717) is 0 Å². The van der Waals surface area contributed by atoms with E-state index in [-0.39, 0.29) is 36.3 Å². The molecule has 0 unspecified atom stereocenters. The molecule has 2 aromatic carbocycles. The van der Waals surface area contributed by atoms with Gasteiger partial charge >= 0.3 is 19.5 Å². The summed E-state index contributed by atoms with van der Waals surface area (Å²) in [5, 5.41) is 30.1. The molecule has 0 radical (unpaired) electrons. The summed E-state index contributed by atoms with van der Waals surface area (Å²) < 4.78 is 0. The third-order valence-corrected chi connectivity index (χ3v) is 2.27. The molecule has 0 aromatic heterocycles. The van der Waals surface area contributed by atoms with Crippen LogP contribution in [0.5, 0.6) is 5.75 Å². The minimum absolute atomic E-state index is 0. The van der Waals surface area contributed by atoms with Gasteiger partial charge in [0, 0.05) is 5.90 Å². The van der Waals surface area contributed by atoms with E-state index >= 15 is 0 Å². The number of para-hydroxylation sites is 1. The normalized spacial score (nSPS) is 10.7. The van der Waals surface area contributed by atoms with Crippen molar-refractivity contribution in [1.82, 2.24) is 0 Å². The van der Waals surface area contributed by atoms with Crippen molar-refractivity contribution in [3.63, 3.8) is 0 Å². The summed E-state index contributed by atoms with van der Waals surface area (Å²) in [6, 6.07) is 15.2. The molecule has 98 valence electrons. The zero-order valence-electron chi connectivity index (χ0n) is 10.7. The summed E-state index contributed by atoms with van der Waals surface area (Å²) in [5.41, 5.74) is 0.868. The van der Waals surface area contributed by atoms with E-state index in [1.165, 1.54) is 18.3 Å². The molecule has 0 bridgehead atoms. The molecule has 0 atom stereocenters. The van der Waals surface area contributed by atoms with Crippen molar-refractivity contribution in [2.75, 3.05) is 0 Å². The predicted octanol–water partition coefficient (Wildman–Crippen LogP) is 0.0740. The van der Waals surface area contributed by atoms with Crippen molar-refractivity contribution in [3.8, 4) is 5.75 Å². The van der Waals surface area contributed by atoms with Crippen LogP contribution < -0.4 is 10.2 Å². The van der Waals surface area contributed by atoms with Crippen LogP contribution in [0, 0.1) is 0 Å². The zero-order valence-corrected chi connectivity index (χ0v) is 13.7. The summed E-state index contributed by atoms with van der Waals surface area (Å²) >= 11 is 0. The van der Waals surface area contributed by atoms with E-state index in [4.69, 9.17) is 0 Å². The molecule has 0 fully saturated rings. The van der Waals surface area contributed by atoms with Crippen molar-refractivity contribution in [2.45, 2.75) is 0 Å². The second-order valence-electron chi connectivity index (χ2n) is 3.56. The van der Waals surface area contributed by atoms with Gasteiger partial charge in [0.1, 0.15) is 0 Å². The molecule has 5 nitrogen and oxygen atoms in total. The number of nitrogens with zero attached hydrogens (tertiary/aromatic N) is 2. The molecule has 0 amide bonds. The Morgan fingerprint density at radius 1 is 0.950 bits per heavy atom. The Morgan fingerprint density at radius 2 is 1.55 bits per heavy atom. The van der Waals surface area contributed by atoms with Gasteiger partial charge in [-0.3, -0.25) is 0 Å². The molecule has 0 saturated heterocycles. The summed E-state index contributed by atoms with van der Waals surface area (Å²) in [6.07, 6.45) is 1.46. The summed E-state index contributed by atoms with van der Waals surface area (Å²) in [5.74, 6) is -0.978. The first-order valence-electron chi connectivity index (χ1n) is 5.37. The number of hydrogen-bond donors (Lipinski definition) is 0. The van der Waals surface area contributed by atoms with Gasteiger partial charge in [0.25, 0.3) is 0 Å². The van der Waals surface area contributed by atoms with E-state index < -0.39 is 5.90 Å². The Bertz CT molecular complexity index is 586. The standard InChI is InChI=1S/C14H12N2O2.H2O.Zn/c17-13-9-5-4-8-12(13)14(18)16-15-10-11-6-2-1-3-7-11;;/h1-10,17H,(H,16,18);1H2;/q;;+2/p-2/b15-10-;;. The van der Waals surface area contributed by atoms with E-state index in [2.05, 4.69) is 10.2 Å². The fourth-order valence-electron chi connectivity index (χ4n) is 1.38. The third kappa shape index (κ3) is 4.92. The van der Waals surface area contributed by atoms with Crippen molar-refractivity contribution in [3.05, 3.63) is 65.7 Å². The first-order valence-corrected chi connectivity index (χ1v) is 5.37. The first kappa shape index (κ1) is 18.0. The largest absolute Gasteiger partial charge is 2.00 e. The molecule has 0 spiro atoms. The van der Waals surface area contributed by atoms with Crippen LogP contribution in [-0.4, -0.2) is 17.6 Å². The Labute approximate surface area is 129 Å². The van der Waals surface area contributed by atoms with Crippen molar-refractivity contribution < 1.29 is 35.2 Å².